The maximum Gasteiger partial charge on any atom is 0.277 e. The van der Waals surface area contributed by atoms with E-state index in [0.29, 0.717) is 12.0 Å². The molecule has 5 nitrogen and oxygen atoms in total. The molecule has 0 bridgehead atoms. The summed E-state index contributed by atoms with van der Waals surface area (Å²) in [7, 11) is 0. The van der Waals surface area contributed by atoms with E-state index in [0.717, 1.165) is 29.4 Å². The van der Waals surface area contributed by atoms with Crippen LogP contribution in [0.4, 0.5) is 0 Å². The molecule has 0 fully saturated rings. The van der Waals surface area contributed by atoms with Crippen LogP contribution in [0, 0.1) is 6.92 Å². The third-order valence-electron chi connectivity index (χ3n) is 5.01. The van der Waals surface area contributed by atoms with E-state index >= 15 is 0 Å². The molecule has 0 saturated heterocycles. The predicted octanol–water partition coefficient (Wildman–Crippen LogP) is 4.47. The highest BCUT2D eigenvalue weighted by Crippen LogP contribution is 2.21. The van der Waals surface area contributed by atoms with Gasteiger partial charge < -0.3 is 4.57 Å². The second-order valence-corrected chi connectivity index (χ2v) is 8.42. The Balaban J connectivity index is 1.58. The van der Waals surface area contributed by atoms with Crippen LogP contribution < -0.4 is 5.56 Å². The lowest BCUT2D eigenvalue weighted by Crippen LogP contribution is -2.20. The second-order valence-electron chi connectivity index (χ2n) is 7.48. The summed E-state index contributed by atoms with van der Waals surface area (Å²) in [6, 6.07) is 18.8. The van der Waals surface area contributed by atoms with E-state index in [2.05, 4.69) is 62.8 Å². The quantitative estimate of drug-likeness (QED) is 0.306. The third-order valence-corrected chi connectivity index (χ3v) is 6.07. The highest BCUT2D eigenvalue weighted by atomic mass is 32.2. The Morgan fingerprint density at radius 3 is 2.39 bits per heavy atom. The Morgan fingerprint density at radius 2 is 1.65 bits per heavy atom. The van der Waals surface area contributed by atoms with Crippen LogP contribution in [-0.2, 0) is 25.1 Å². The van der Waals surface area contributed by atoms with Gasteiger partial charge in [0.15, 0.2) is 5.16 Å². The predicted molar refractivity (Wildman–Crippen MR) is 124 cm³/mol. The zero-order valence-corrected chi connectivity index (χ0v) is 18.3. The fourth-order valence-electron chi connectivity index (χ4n) is 3.29. The van der Waals surface area contributed by atoms with Crippen molar-refractivity contribution in [3.05, 3.63) is 118 Å². The fraction of sp³-hybridized carbons (Fsp3) is 0.200. The second kappa shape index (κ2) is 10.2. The van der Waals surface area contributed by atoms with Crippen molar-refractivity contribution in [2.24, 2.45) is 0 Å². The Labute approximate surface area is 186 Å². The van der Waals surface area contributed by atoms with Crippen molar-refractivity contribution in [1.29, 1.82) is 0 Å². The van der Waals surface area contributed by atoms with E-state index in [1.807, 2.05) is 24.4 Å². The molecule has 2 aromatic carbocycles. The SMILES string of the molecule is Cc1ccc(CSc2nc(=O)c(Cc3cncnc3)cn2CCc2ccccc2)cc1. The molecule has 0 amide bonds. The van der Waals surface area contributed by atoms with Crippen LogP contribution in [0.25, 0.3) is 0 Å². The normalized spacial score (nSPS) is 10.9. The Hall–Kier alpha value is -3.25. The van der Waals surface area contributed by atoms with E-state index in [1.165, 1.54) is 23.0 Å². The average Bonchev–Trinajstić information content (AvgIpc) is 2.80. The van der Waals surface area contributed by atoms with Gasteiger partial charge in [-0.1, -0.05) is 71.9 Å². The Kier molecular flexibility index (Phi) is 6.89. The van der Waals surface area contributed by atoms with Crippen molar-refractivity contribution >= 4 is 11.8 Å². The molecule has 6 heteroatoms. The van der Waals surface area contributed by atoms with Crippen LogP contribution in [-0.4, -0.2) is 19.5 Å². The molecule has 0 atom stereocenters. The molecule has 0 spiro atoms. The van der Waals surface area contributed by atoms with Crippen LogP contribution >= 0.6 is 11.8 Å². The summed E-state index contributed by atoms with van der Waals surface area (Å²) in [4.78, 5) is 25.3. The van der Waals surface area contributed by atoms with Gasteiger partial charge in [0.1, 0.15) is 6.33 Å². The molecule has 0 saturated carbocycles. The topological polar surface area (TPSA) is 60.7 Å². The van der Waals surface area contributed by atoms with Gasteiger partial charge in [0.2, 0.25) is 0 Å². The van der Waals surface area contributed by atoms with E-state index in [9.17, 15) is 4.79 Å². The van der Waals surface area contributed by atoms with Crippen LogP contribution in [0.1, 0.15) is 27.8 Å². The number of rotatable bonds is 8. The lowest BCUT2D eigenvalue weighted by atomic mass is 10.1. The number of thioether (sulfide) groups is 1. The lowest BCUT2D eigenvalue weighted by Gasteiger charge is -2.14. The summed E-state index contributed by atoms with van der Waals surface area (Å²) < 4.78 is 2.10. The first kappa shape index (κ1) is 21.0. The van der Waals surface area contributed by atoms with E-state index in [1.54, 1.807) is 24.2 Å². The van der Waals surface area contributed by atoms with Gasteiger partial charge in [0.25, 0.3) is 5.56 Å². The smallest absolute Gasteiger partial charge is 0.277 e. The van der Waals surface area contributed by atoms with Gasteiger partial charge in [-0.25, -0.2) is 9.97 Å². The summed E-state index contributed by atoms with van der Waals surface area (Å²) in [5, 5.41) is 0.745. The zero-order valence-electron chi connectivity index (χ0n) is 17.4. The Morgan fingerprint density at radius 1 is 0.903 bits per heavy atom. The van der Waals surface area contributed by atoms with Crippen molar-refractivity contribution in [3.63, 3.8) is 0 Å². The van der Waals surface area contributed by atoms with Gasteiger partial charge >= 0.3 is 0 Å². The fourth-order valence-corrected chi connectivity index (χ4v) is 4.23. The van der Waals surface area contributed by atoms with Gasteiger partial charge in [0.05, 0.1) is 0 Å². The molecule has 0 aliphatic carbocycles. The molecule has 31 heavy (non-hydrogen) atoms. The summed E-state index contributed by atoms with van der Waals surface area (Å²) >= 11 is 1.60. The maximum atomic E-state index is 12.7. The van der Waals surface area contributed by atoms with Gasteiger partial charge in [-0.3, -0.25) is 4.79 Å². The number of aryl methyl sites for hydroxylation is 3. The van der Waals surface area contributed by atoms with Gasteiger partial charge in [-0.15, -0.1) is 0 Å². The van der Waals surface area contributed by atoms with Crippen molar-refractivity contribution in [2.45, 2.75) is 37.2 Å². The molecular formula is C25H24N4OS. The highest BCUT2D eigenvalue weighted by molar-refractivity contribution is 7.98. The molecule has 2 heterocycles. The highest BCUT2D eigenvalue weighted by Gasteiger charge is 2.11. The maximum absolute atomic E-state index is 12.7. The number of benzene rings is 2. The third kappa shape index (κ3) is 5.89. The van der Waals surface area contributed by atoms with Crippen molar-refractivity contribution in [2.75, 3.05) is 0 Å². The molecule has 0 radical (unpaired) electrons. The molecule has 156 valence electrons. The molecule has 0 aliphatic heterocycles. The number of nitrogens with zero attached hydrogens (tertiary/aromatic N) is 4. The largest absolute Gasteiger partial charge is 0.327 e. The molecule has 0 unspecified atom stereocenters. The van der Waals surface area contributed by atoms with Crippen LogP contribution in [0.3, 0.4) is 0 Å². The first-order chi connectivity index (χ1) is 15.2. The van der Waals surface area contributed by atoms with Crippen molar-refractivity contribution in [1.82, 2.24) is 19.5 Å². The van der Waals surface area contributed by atoms with Crippen molar-refractivity contribution in [3.8, 4) is 0 Å². The summed E-state index contributed by atoms with van der Waals surface area (Å²) in [5.74, 6) is 0.768. The van der Waals surface area contributed by atoms with Crippen LogP contribution in [0.2, 0.25) is 0 Å². The first-order valence-electron chi connectivity index (χ1n) is 10.2. The molecule has 0 N–H and O–H groups in total. The van der Waals surface area contributed by atoms with E-state index in [-0.39, 0.29) is 5.56 Å². The minimum Gasteiger partial charge on any atom is -0.327 e. The van der Waals surface area contributed by atoms with Crippen molar-refractivity contribution < 1.29 is 0 Å². The molecule has 4 aromatic rings. The summed E-state index contributed by atoms with van der Waals surface area (Å²) in [5.41, 5.74) is 5.07. The molecular weight excluding hydrogens is 404 g/mol. The van der Waals surface area contributed by atoms with Gasteiger partial charge in [-0.2, -0.15) is 4.98 Å². The number of hydrogen-bond acceptors (Lipinski definition) is 5. The van der Waals surface area contributed by atoms with Crippen LogP contribution in [0.15, 0.2) is 89.5 Å². The Bertz CT molecular complexity index is 1180. The van der Waals surface area contributed by atoms with Gasteiger partial charge in [-0.05, 0) is 30.0 Å². The minimum absolute atomic E-state index is 0.189. The summed E-state index contributed by atoms with van der Waals surface area (Å²) in [6.07, 6.45) is 8.26. The molecule has 0 aliphatic rings. The standard InChI is InChI=1S/C25H24N4OS/c1-19-7-9-21(10-8-19)17-31-25-28-24(30)23(13-22-14-26-18-27-15-22)16-29(25)12-11-20-5-3-2-4-6-20/h2-10,14-16,18H,11-13,17H2,1H3. The van der Waals surface area contributed by atoms with E-state index in [4.69, 9.17) is 0 Å². The summed E-state index contributed by atoms with van der Waals surface area (Å²) in [6.45, 7) is 2.84. The van der Waals surface area contributed by atoms with Gasteiger partial charge in [0, 0.05) is 42.9 Å². The number of aromatic nitrogens is 4. The minimum atomic E-state index is -0.189. The number of hydrogen-bond donors (Lipinski definition) is 0. The van der Waals surface area contributed by atoms with E-state index < -0.39 is 0 Å². The monoisotopic (exact) mass is 428 g/mol. The lowest BCUT2D eigenvalue weighted by molar-refractivity contribution is 0.595. The zero-order chi connectivity index (χ0) is 21.5. The first-order valence-corrected chi connectivity index (χ1v) is 11.2. The molecule has 2 aromatic heterocycles. The average molecular weight is 429 g/mol. The van der Waals surface area contributed by atoms with Crippen LogP contribution in [0.5, 0.6) is 0 Å². The molecule has 4 rings (SSSR count).